The van der Waals surface area contributed by atoms with Gasteiger partial charge in [-0.05, 0) is 30.9 Å². The van der Waals surface area contributed by atoms with Crippen LogP contribution in [-0.4, -0.2) is 51.0 Å². The normalized spacial score (nSPS) is 13.9. The molecule has 0 saturated carbocycles. The van der Waals surface area contributed by atoms with Crippen molar-refractivity contribution in [3.05, 3.63) is 36.0 Å². The predicted octanol–water partition coefficient (Wildman–Crippen LogP) is 1.70. The zero-order valence-corrected chi connectivity index (χ0v) is 15.3. The van der Waals surface area contributed by atoms with Crippen molar-refractivity contribution in [1.29, 1.82) is 0 Å². The van der Waals surface area contributed by atoms with Crippen molar-refractivity contribution in [3.8, 4) is 0 Å². The zero-order chi connectivity index (χ0) is 17.6. The summed E-state index contributed by atoms with van der Waals surface area (Å²) in [5.41, 5.74) is 2.31. The number of hydrogen-bond acceptors (Lipinski definition) is 3. The van der Waals surface area contributed by atoms with Gasteiger partial charge in [-0.1, -0.05) is 18.2 Å². The highest BCUT2D eigenvalue weighted by Crippen LogP contribution is 2.14. The van der Waals surface area contributed by atoms with Crippen molar-refractivity contribution >= 4 is 26.7 Å². The summed E-state index contributed by atoms with van der Waals surface area (Å²) in [5, 5.41) is 7.69. The van der Waals surface area contributed by atoms with E-state index in [4.69, 9.17) is 0 Å². The van der Waals surface area contributed by atoms with Gasteiger partial charge < -0.3 is 15.6 Å². The van der Waals surface area contributed by atoms with E-state index >= 15 is 0 Å². The van der Waals surface area contributed by atoms with Crippen molar-refractivity contribution in [2.75, 3.05) is 25.6 Å². The minimum atomic E-state index is -2.93. The second-order valence-corrected chi connectivity index (χ2v) is 8.35. The number of H-pyrrole nitrogens is 1. The second kappa shape index (κ2) is 8.19. The van der Waals surface area contributed by atoms with E-state index in [1.54, 1.807) is 7.05 Å². The molecule has 2 rings (SSSR count). The molecule has 0 aliphatic carbocycles. The summed E-state index contributed by atoms with van der Waals surface area (Å²) in [4.78, 5) is 7.58. The number of nitrogens with zero attached hydrogens (tertiary/aromatic N) is 1. The minimum absolute atomic E-state index is 0.0407. The van der Waals surface area contributed by atoms with Crippen molar-refractivity contribution in [2.45, 2.75) is 25.8 Å². The van der Waals surface area contributed by atoms with Crippen LogP contribution in [0.2, 0.25) is 0 Å². The van der Waals surface area contributed by atoms with Crippen LogP contribution in [-0.2, 0) is 16.3 Å². The minimum Gasteiger partial charge on any atom is -0.358 e. The van der Waals surface area contributed by atoms with Gasteiger partial charge in [0.05, 0.1) is 5.75 Å². The van der Waals surface area contributed by atoms with Crippen LogP contribution in [0.25, 0.3) is 10.9 Å². The Morgan fingerprint density at radius 3 is 2.75 bits per heavy atom. The summed E-state index contributed by atoms with van der Waals surface area (Å²) < 4.78 is 22.4. The number of fused-ring (bicyclic) bond motifs is 1. The molecule has 1 aromatic carbocycles. The molecule has 1 aromatic heterocycles. The molecule has 0 bridgehead atoms. The number of sulfone groups is 1. The Morgan fingerprint density at radius 2 is 2.08 bits per heavy atom. The van der Waals surface area contributed by atoms with E-state index in [2.05, 4.69) is 38.8 Å². The van der Waals surface area contributed by atoms with E-state index in [1.165, 1.54) is 17.3 Å². The first-order valence-corrected chi connectivity index (χ1v) is 10.1. The Bertz CT molecular complexity index is 763. The molecule has 132 valence electrons. The lowest BCUT2D eigenvalue weighted by atomic mass is 10.2. The van der Waals surface area contributed by atoms with Gasteiger partial charge in [-0.2, -0.15) is 0 Å². The summed E-state index contributed by atoms with van der Waals surface area (Å²) in [7, 11) is -1.22. The topological polar surface area (TPSA) is 86.3 Å². The summed E-state index contributed by atoms with van der Waals surface area (Å²) >= 11 is 0. The monoisotopic (exact) mass is 350 g/mol. The fraction of sp³-hybridized carbons (Fsp3) is 0.471. The lowest BCUT2D eigenvalue weighted by Crippen LogP contribution is -2.43. The third kappa shape index (κ3) is 5.88. The van der Waals surface area contributed by atoms with Gasteiger partial charge in [0.2, 0.25) is 0 Å². The van der Waals surface area contributed by atoms with Gasteiger partial charge >= 0.3 is 0 Å². The quantitative estimate of drug-likeness (QED) is 0.524. The van der Waals surface area contributed by atoms with Crippen molar-refractivity contribution in [1.82, 2.24) is 15.6 Å². The summed E-state index contributed by atoms with van der Waals surface area (Å²) in [6.07, 6.45) is 2.67. The number of aromatic nitrogens is 1. The molecule has 0 fully saturated rings. The van der Waals surface area contributed by atoms with E-state index in [0.29, 0.717) is 12.4 Å². The standard InChI is InChI=1S/C17H26N4O2S/c1-13(9-11-24(3,22)23)20-17(18-2)19-10-8-15-12-14-6-4-5-7-16(14)21-15/h4-7,12-13,21H,8-11H2,1-3H3,(H2,18,19,20). The third-order valence-corrected chi connectivity index (χ3v) is 4.78. The molecule has 7 heteroatoms. The molecule has 3 N–H and O–H groups in total. The molecule has 0 spiro atoms. The number of hydrogen-bond donors (Lipinski definition) is 3. The molecule has 0 aliphatic heterocycles. The van der Waals surface area contributed by atoms with E-state index in [9.17, 15) is 8.42 Å². The summed E-state index contributed by atoms with van der Waals surface area (Å²) in [6.45, 7) is 2.70. The van der Waals surface area contributed by atoms with Crippen molar-refractivity contribution in [3.63, 3.8) is 0 Å². The highest BCUT2D eigenvalue weighted by molar-refractivity contribution is 7.90. The van der Waals surface area contributed by atoms with Crippen LogP contribution in [0.15, 0.2) is 35.3 Å². The molecule has 1 unspecified atom stereocenters. The molecule has 0 amide bonds. The number of aliphatic imine (C=N–C) groups is 1. The van der Waals surface area contributed by atoms with Gasteiger partial charge in [-0.15, -0.1) is 0 Å². The molecule has 2 aromatic rings. The smallest absolute Gasteiger partial charge is 0.191 e. The molecule has 24 heavy (non-hydrogen) atoms. The molecule has 0 radical (unpaired) electrons. The Hall–Kier alpha value is -2.02. The van der Waals surface area contributed by atoms with E-state index in [0.717, 1.165) is 18.5 Å². The van der Waals surface area contributed by atoms with Crippen LogP contribution >= 0.6 is 0 Å². The fourth-order valence-electron chi connectivity index (χ4n) is 2.47. The fourth-order valence-corrected chi connectivity index (χ4v) is 3.26. The maximum Gasteiger partial charge on any atom is 0.191 e. The molecule has 0 aliphatic rings. The number of guanidine groups is 1. The van der Waals surface area contributed by atoms with Gasteiger partial charge in [-0.3, -0.25) is 4.99 Å². The molecule has 1 heterocycles. The van der Waals surface area contributed by atoms with Gasteiger partial charge in [0.25, 0.3) is 0 Å². The SMILES string of the molecule is CN=C(NCCc1cc2ccccc2[nH]1)NC(C)CCS(C)(=O)=O. The van der Waals surface area contributed by atoms with E-state index in [-0.39, 0.29) is 11.8 Å². The molecule has 6 nitrogen and oxygen atoms in total. The third-order valence-electron chi connectivity index (χ3n) is 3.80. The molecule has 0 saturated heterocycles. The first-order chi connectivity index (χ1) is 11.4. The van der Waals surface area contributed by atoms with Gasteiger partial charge in [0, 0.05) is 43.5 Å². The zero-order valence-electron chi connectivity index (χ0n) is 14.5. The maximum absolute atomic E-state index is 11.2. The Kier molecular flexibility index (Phi) is 6.25. The molecule has 1 atom stereocenters. The van der Waals surface area contributed by atoms with Gasteiger partial charge in [-0.25, -0.2) is 8.42 Å². The van der Waals surface area contributed by atoms with Crippen molar-refractivity contribution < 1.29 is 8.42 Å². The lowest BCUT2D eigenvalue weighted by molar-refractivity contribution is 0.581. The largest absolute Gasteiger partial charge is 0.358 e. The van der Waals surface area contributed by atoms with Crippen LogP contribution in [0.4, 0.5) is 0 Å². The van der Waals surface area contributed by atoms with Crippen LogP contribution in [0.1, 0.15) is 19.0 Å². The predicted molar refractivity (Wildman–Crippen MR) is 100 cm³/mol. The Morgan fingerprint density at radius 1 is 1.33 bits per heavy atom. The van der Waals surface area contributed by atoms with E-state index < -0.39 is 9.84 Å². The van der Waals surface area contributed by atoms with E-state index in [1.807, 2.05) is 19.1 Å². The van der Waals surface area contributed by atoms with Crippen LogP contribution < -0.4 is 10.6 Å². The number of aromatic amines is 1. The van der Waals surface area contributed by atoms with Crippen LogP contribution in [0.3, 0.4) is 0 Å². The van der Waals surface area contributed by atoms with Crippen molar-refractivity contribution in [2.24, 2.45) is 4.99 Å². The molecular weight excluding hydrogens is 324 g/mol. The first-order valence-electron chi connectivity index (χ1n) is 8.09. The highest BCUT2D eigenvalue weighted by Gasteiger charge is 2.09. The number of para-hydroxylation sites is 1. The average molecular weight is 350 g/mol. The van der Waals surface area contributed by atoms with Crippen LogP contribution in [0.5, 0.6) is 0 Å². The highest BCUT2D eigenvalue weighted by atomic mass is 32.2. The average Bonchev–Trinajstić information content (AvgIpc) is 2.94. The second-order valence-electron chi connectivity index (χ2n) is 6.09. The molecular formula is C17H26N4O2S. The first kappa shape index (κ1) is 18.3. The van der Waals surface area contributed by atoms with Crippen LogP contribution in [0, 0.1) is 0 Å². The summed E-state index contributed by atoms with van der Waals surface area (Å²) in [6, 6.07) is 10.4. The lowest BCUT2D eigenvalue weighted by Gasteiger charge is -2.17. The Balaban J connectivity index is 1.79. The summed E-state index contributed by atoms with van der Waals surface area (Å²) in [5.74, 6) is 0.861. The number of nitrogens with one attached hydrogen (secondary N) is 3. The van der Waals surface area contributed by atoms with Gasteiger partial charge in [0.15, 0.2) is 5.96 Å². The number of benzene rings is 1. The van der Waals surface area contributed by atoms with Gasteiger partial charge in [0.1, 0.15) is 9.84 Å². The Labute approximate surface area is 143 Å². The maximum atomic E-state index is 11.2. The number of rotatable bonds is 7.